The molecule has 0 amide bonds. The van der Waals surface area contributed by atoms with Crippen LogP contribution in [0.4, 0.5) is 0 Å². The van der Waals surface area contributed by atoms with Crippen molar-refractivity contribution in [2.45, 2.75) is 23.6 Å². The average Bonchev–Trinajstić information content (AvgIpc) is 2.47. The summed E-state index contributed by atoms with van der Waals surface area (Å²) in [7, 11) is 0.727. The van der Waals surface area contributed by atoms with E-state index < -0.39 is 10.0 Å². The first-order valence-electron chi connectivity index (χ1n) is 7.23. The highest BCUT2D eigenvalue weighted by Gasteiger charge is 2.29. The second-order valence-electron chi connectivity index (χ2n) is 5.89. The topological polar surface area (TPSA) is 40.6 Å². The number of halogens is 1. The third kappa shape index (κ3) is 4.19. The Bertz CT molecular complexity index is 567. The number of hydrogen-bond acceptors (Lipinski definition) is 3. The highest BCUT2D eigenvalue weighted by atomic mass is 35.5. The Hall–Kier alpha value is -0.620. The minimum Gasteiger partial charge on any atom is -0.309 e. The molecule has 0 aliphatic carbocycles. The highest BCUT2D eigenvalue weighted by Crippen LogP contribution is 2.24. The lowest BCUT2D eigenvalue weighted by molar-refractivity contribution is 0.225. The molecule has 0 bridgehead atoms. The first-order valence-corrected chi connectivity index (χ1v) is 9.20. The average molecular weight is 331 g/mol. The van der Waals surface area contributed by atoms with Crippen LogP contribution in [-0.4, -0.2) is 51.4 Å². The third-order valence-electron chi connectivity index (χ3n) is 3.89. The Morgan fingerprint density at radius 3 is 2.52 bits per heavy atom. The lowest BCUT2D eigenvalue weighted by Crippen LogP contribution is -2.40. The first-order chi connectivity index (χ1) is 9.93. The molecule has 1 aromatic rings. The molecule has 0 N–H and O–H groups in total. The highest BCUT2D eigenvalue weighted by molar-refractivity contribution is 7.89. The Balaban J connectivity index is 2.07. The van der Waals surface area contributed by atoms with Gasteiger partial charge in [0.1, 0.15) is 0 Å². The van der Waals surface area contributed by atoms with Gasteiger partial charge >= 0.3 is 0 Å². The number of alkyl halides is 1. The van der Waals surface area contributed by atoms with Crippen LogP contribution in [0.15, 0.2) is 29.2 Å². The third-order valence-corrected chi connectivity index (χ3v) is 6.09. The maximum Gasteiger partial charge on any atom is 0.243 e. The fourth-order valence-corrected chi connectivity index (χ4v) is 4.49. The van der Waals surface area contributed by atoms with Crippen LogP contribution < -0.4 is 0 Å². The van der Waals surface area contributed by atoms with Crippen molar-refractivity contribution in [2.75, 3.05) is 33.7 Å². The van der Waals surface area contributed by atoms with Gasteiger partial charge in [-0.05, 0) is 50.6 Å². The number of piperidine rings is 1. The van der Waals surface area contributed by atoms with E-state index in [1.54, 1.807) is 22.5 Å². The quantitative estimate of drug-likeness (QED) is 0.778. The van der Waals surface area contributed by atoms with E-state index in [9.17, 15) is 8.42 Å². The van der Waals surface area contributed by atoms with Crippen LogP contribution >= 0.6 is 11.6 Å². The Labute approximate surface area is 132 Å². The lowest BCUT2D eigenvalue weighted by atomic mass is 9.98. The predicted octanol–water partition coefficient (Wildman–Crippen LogP) is 2.39. The molecule has 1 aliphatic heterocycles. The summed E-state index contributed by atoms with van der Waals surface area (Å²) >= 11 is 5.79. The van der Waals surface area contributed by atoms with Gasteiger partial charge in [0, 0.05) is 25.5 Å². The van der Waals surface area contributed by atoms with Gasteiger partial charge < -0.3 is 4.90 Å². The molecule has 0 aromatic heterocycles. The maximum absolute atomic E-state index is 12.7. The number of rotatable bonds is 5. The summed E-state index contributed by atoms with van der Waals surface area (Å²) in [6, 6.07) is 6.92. The molecular formula is C15H23ClN2O2S. The first kappa shape index (κ1) is 16.7. The summed E-state index contributed by atoms with van der Waals surface area (Å²) in [5.74, 6) is 0.912. The molecule has 1 aromatic carbocycles. The fraction of sp³-hybridized carbons (Fsp3) is 0.600. The SMILES string of the molecule is CN(C)CC1CCN(S(=O)(=O)c2cccc(CCl)c2)CC1. The molecule has 0 unspecified atom stereocenters. The number of benzene rings is 1. The maximum atomic E-state index is 12.7. The van der Waals surface area contributed by atoms with Gasteiger partial charge in [-0.25, -0.2) is 8.42 Å². The molecule has 1 aliphatic rings. The summed E-state index contributed by atoms with van der Waals surface area (Å²) in [5, 5.41) is 0. The van der Waals surface area contributed by atoms with E-state index in [0.29, 0.717) is 29.8 Å². The zero-order valence-electron chi connectivity index (χ0n) is 12.6. The summed E-state index contributed by atoms with van der Waals surface area (Å²) in [6.45, 7) is 2.23. The van der Waals surface area contributed by atoms with Gasteiger partial charge in [0.05, 0.1) is 4.90 Å². The standard InChI is InChI=1S/C15H23ClN2O2S/c1-17(2)12-13-6-8-18(9-7-13)21(19,20)15-5-3-4-14(10-15)11-16/h3-5,10,13H,6-9,11-12H2,1-2H3. The number of hydrogen-bond donors (Lipinski definition) is 0. The molecule has 4 nitrogen and oxygen atoms in total. The smallest absolute Gasteiger partial charge is 0.243 e. The molecule has 21 heavy (non-hydrogen) atoms. The summed E-state index contributed by atoms with van der Waals surface area (Å²) < 4.78 is 26.9. The zero-order chi connectivity index (χ0) is 15.5. The molecule has 1 saturated heterocycles. The molecule has 2 rings (SSSR count). The summed E-state index contributed by atoms with van der Waals surface area (Å²) in [4.78, 5) is 2.52. The van der Waals surface area contributed by atoms with Crippen molar-refractivity contribution >= 4 is 21.6 Å². The molecular weight excluding hydrogens is 308 g/mol. The Morgan fingerprint density at radius 1 is 1.29 bits per heavy atom. The van der Waals surface area contributed by atoms with Gasteiger partial charge in [0.25, 0.3) is 0 Å². The number of nitrogens with zero attached hydrogens (tertiary/aromatic N) is 2. The van der Waals surface area contributed by atoms with Crippen molar-refractivity contribution < 1.29 is 8.42 Å². The van der Waals surface area contributed by atoms with Crippen LogP contribution in [0.5, 0.6) is 0 Å². The van der Waals surface area contributed by atoms with E-state index in [1.807, 2.05) is 6.07 Å². The van der Waals surface area contributed by atoms with Crippen molar-refractivity contribution in [3.05, 3.63) is 29.8 Å². The molecule has 118 valence electrons. The fourth-order valence-electron chi connectivity index (χ4n) is 2.79. The van der Waals surface area contributed by atoms with Crippen LogP contribution in [0, 0.1) is 5.92 Å². The van der Waals surface area contributed by atoms with Crippen LogP contribution in [0.3, 0.4) is 0 Å². The predicted molar refractivity (Wildman–Crippen MR) is 86.0 cm³/mol. The van der Waals surface area contributed by atoms with Gasteiger partial charge in [-0.1, -0.05) is 12.1 Å². The molecule has 0 atom stereocenters. The van der Waals surface area contributed by atoms with Crippen molar-refractivity contribution in [1.29, 1.82) is 0 Å². The van der Waals surface area contributed by atoms with Crippen molar-refractivity contribution in [3.63, 3.8) is 0 Å². The van der Waals surface area contributed by atoms with Crippen LogP contribution in [0.1, 0.15) is 18.4 Å². The zero-order valence-corrected chi connectivity index (χ0v) is 14.2. The molecule has 6 heteroatoms. The van der Waals surface area contributed by atoms with Gasteiger partial charge in [0.15, 0.2) is 0 Å². The Morgan fingerprint density at radius 2 is 1.95 bits per heavy atom. The molecule has 1 heterocycles. The molecule has 0 radical (unpaired) electrons. The van der Waals surface area contributed by atoms with Gasteiger partial charge in [0.2, 0.25) is 10.0 Å². The van der Waals surface area contributed by atoms with Crippen LogP contribution in [-0.2, 0) is 15.9 Å². The summed E-state index contributed by atoms with van der Waals surface area (Å²) in [5.41, 5.74) is 0.834. The van der Waals surface area contributed by atoms with Crippen LogP contribution in [0.2, 0.25) is 0 Å². The van der Waals surface area contributed by atoms with E-state index in [0.717, 1.165) is 24.9 Å². The second kappa shape index (κ2) is 7.09. The van der Waals surface area contributed by atoms with E-state index in [-0.39, 0.29) is 0 Å². The van der Waals surface area contributed by atoms with E-state index in [2.05, 4.69) is 19.0 Å². The summed E-state index contributed by atoms with van der Waals surface area (Å²) in [6.07, 6.45) is 1.85. The number of sulfonamides is 1. The normalized spacial score (nSPS) is 18.3. The van der Waals surface area contributed by atoms with Gasteiger partial charge in [-0.2, -0.15) is 4.31 Å². The second-order valence-corrected chi connectivity index (χ2v) is 8.10. The minimum atomic E-state index is -3.39. The van der Waals surface area contributed by atoms with Gasteiger partial charge in [-0.15, -0.1) is 11.6 Å². The minimum absolute atomic E-state index is 0.328. The Kier molecular flexibility index (Phi) is 5.66. The monoisotopic (exact) mass is 330 g/mol. The largest absolute Gasteiger partial charge is 0.309 e. The van der Waals surface area contributed by atoms with Crippen LogP contribution in [0.25, 0.3) is 0 Å². The van der Waals surface area contributed by atoms with Gasteiger partial charge in [-0.3, -0.25) is 0 Å². The van der Waals surface area contributed by atoms with E-state index >= 15 is 0 Å². The van der Waals surface area contributed by atoms with E-state index in [4.69, 9.17) is 11.6 Å². The molecule has 1 fully saturated rings. The molecule has 0 saturated carbocycles. The lowest BCUT2D eigenvalue weighted by Gasteiger charge is -2.32. The van der Waals surface area contributed by atoms with Crippen molar-refractivity contribution in [1.82, 2.24) is 9.21 Å². The van der Waals surface area contributed by atoms with Crippen molar-refractivity contribution in [2.24, 2.45) is 5.92 Å². The molecule has 0 spiro atoms. The van der Waals surface area contributed by atoms with Crippen molar-refractivity contribution in [3.8, 4) is 0 Å². The van der Waals surface area contributed by atoms with E-state index in [1.165, 1.54) is 0 Å².